The lowest BCUT2D eigenvalue weighted by Crippen LogP contribution is -2.23. The summed E-state index contributed by atoms with van der Waals surface area (Å²) in [5, 5.41) is 4.86. The molecule has 7 heteroatoms. The van der Waals surface area contributed by atoms with Crippen molar-refractivity contribution < 1.29 is 14.4 Å². The molecule has 2 aromatic rings. The second-order valence-corrected chi connectivity index (χ2v) is 4.73. The fourth-order valence-corrected chi connectivity index (χ4v) is 2.22. The van der Waals surface area contributed by atoms with Crippen molar-refractivity contribution in [3.05, 3.63) is 47.0 Å². The molecule has 1 aromatic carbocycles. The van der Waals surface area contributed by atoms with Crippen LogP contribution in [-0.2, 0) is 16.1 Å². The molecule has 20 heavy (non-hydrogen) atoms. The minimum Gasteiger partial charge on any atom is -0.298 e. The largest absolute Gasteiger partial charge is 0.298 e. The van der Waals surface area contributed by atoms with Crippen molar-refractivity contribution in [2.45, 2.75) is 6.42 Å². The molecule has 0 unspecified atom stereocenters. The minimum atomic E-state index is -0.293. The molecule has 2 N–H and O–H groups in total. The van der Waals surface area contributed by atoms with E-state index in [1.54, 1.807) is 29.6 Å². The number of hydroxylamine groups is 1. The van der Waals surface area contributed by atoms with Crippen molar-refractivity contribution in [2.24, 2.45) is 0 Å². The fourth-order valence-electron chi connectivity index (χ4n) is 1.52. The zero-order chi connectivity index (χ0) is 14.4. The molecule has 1 aromatic heterocycles. The van der Waals surface area contributed by atoms with Gasteiger partial charge in [0, 0.05) is 10.9 Å². The Bertz CT molecular complexity index is 598. The first kappa shape index (κ1) is 14.2. The van der Waals surface area contributed by atoms with Crippen molar-refractivity contribution in [3.8, 4) is 0 Å². The summed E-state index contributed by atoms with van der Waals surface area (Å²) in [5.41, 5.74) is 3.34. The number of hydrogen-bond donors (Lipinski definition) is 2. The monoisotopic (exact) mass is 291 g/mol. The first-order chi connectivity index (χ1) is 9.69. The SMILES string of the molecule is CONC(=O)Cc1csc(NC(=O)c2ccccc2)n1. The molecule has 0 bridgehead atoms. The van der Waals surface area contributed by atoms with Gasteiger partial charge in [0.2, 0.25) is 5.91 Å². The summed E-state index contributed by atoms with van der Waals surface area (Å²) in [7, 11) is 1.37. The van der Waals surface area contributed by atoms with Gasteiger partial charge < -0.3 is 0 Å². The van der Waals surface area contributed by atoms with Gasteiger partial charge in [0.15, 0.2) is 5.13 Å². The lowest BCUT2D eigenvalue weighted by atomic mass is 10.2. The molecule has 2 amide bonds. The molecule has 104 valence electrons. The van der Waals surface area contributed by atoms with Crippen LogP contribution in [0.3, 0.4) is 0 Å². The molecule has 0 saturated heterocycles. The van der Waals surface area contributed by atoms with Crippen molar-refractivity contribution >= 4 is 28.3 Å². The standard InChI is InChI=1S/C13H13N3O3S/c1-19-16-11(17)7-10-8-20-13(14-10)15-12(18)9-5-3-2-4-6-9/h2-6,8H,7H2,1H3,(H,16,17)(H,14,15,18). The van der Waals surface area contributed by atoms with Crippen LogP contribution >= 0.6 is 11.3 Å². The molecule has 0 aliphatic heterocycles. The predicted molar refractivity (Wildman–Crippen MR) is 75.4 cm³/mol. The van der Waals surface area contributed by atoms with E-state index in [1.807, 2.05) is 6.07 Å². The first-order valence-corrected chi connectivity index (χ1v) is 6.69. The van der Waals surface area contributed by atoms with E-state index >= 15 is 0 Å². The Morgan fingerprint density at radius 1 is 1.30 bits per heavy atom. The highest BCUT2D eigenvalue weighted by Crippen LogP contribution is 2.16. The number of hydrogen-bond acceptors (Lipinski definition) is 5. The Hall–Kier alpha value is -2.25. The lowest BCUT2D eigenvalue weighted by molar-refractivity contribution is -0.130. The van der Waals surface area contributed by atoms with Gasteiger partial charge in [-0.05, 0) is 12.1 Å². The van der Waals surface area contributed by atoms with Gasteiger partial charge in [-0.1, -0.05) is 18.2 Å². The summed E-state index contributed by atoms with van der Waals surface area (Å²) in [5.74, 6) is -0.522. The summed E-state index contributed by atoms with van der Waals surface area (Å²) in [6, 6.07) is 8.85. The van der Waals surface area contributed by atoms with Crippen molar-refractivity contribution in [1.82, 2.24) is 10.5 Å². The molecule has 1 heterocycles. The molecule has 0 fully saturated rings. The van der Waals surface area contributed by atoms with Gasteiger partial charge in [0.25, 0.3) is 5.91 Å². The van der Waals surface area contributed by atoms with E-state index in [-0.39, 0.29) is 18.2 Å². The zero-order valence-electron chi connectivity index (χ0n) is 10.8. The average molecular weight is 291 g/mol. The third-order valence-electron chi connectivity index (χ3n) is 2.37. The highest BCUT2D eigenvalue weighted by atomic mass is 32.1. The van der Waals surface area contributed by atoms with E-state index in [0.717, 1.165) is 0 Å². The molecule has 0 saturated carbocycles. The zero-order valence-corrected chi connectivity index (χ0v) is 11.6. The number of carbonyl (C=O) groups is 2. The smallest absolute Gasteiger partial charge is 0.257 e. The van der Waals surface area contributed by atoms with Crippen LogP contribution in [0.25, 0.3) is 0 Å². The van der Waals surface area contributed by atoms with Crippen molar-refractivity contribution in [1.29, 1.82) is 0 Å². The number of aromatic nitrogens is 1. The van der Waals surface area contributed by atoms with Gasteiger partial charge in [-0.2, -0.15) is 0 Å². The molecule has 0 radical (unpaired) electrons. The number of amides is 2. The fraction of sp³-hybridized carbons (Fsp3) is 0.154. The number of nitrogens with zero attached hydrogens (tertiary/aromatic N) is 1. The Morgan fingerprint density at radius 2 is 2.05 bits per heavy atom. The third kappa shape index (κ3) is 3.87. The summed E-state index contributed by atoms with van der Waals surface area (Å²) in [6.45, 7) is 0. The highest BCUT2D eigenvalue weighted by molar-refractivity contribution is 7.14. The van der Waals surface area contributed by atoms with E-state index in [1.165, 1.54) is 18.4 Å². The average Bonchev–Trinajstić information content (AvgIpc) is 2.87. The predicted octanol–water partition coefficient (Wildman–Crippen LogP) is 1.62. The van der Waals surface area contributed by atoms with Crippen molar-refractivity contribution in [3.63, 3.8) is 0 Å². The molecule has 6 nitrogen and oxygen atoms in total. The second kappa shape index (κ2) is 6.78. The number of rotatable bonds is 5. The van der Waals surface area contributed by atoms with Crippen molar-refractivity contribution in [2.75, 3.05) is 12.4 Å². The topological polar surface area (TPSA) is 80.3 Å². The normalized spacial score (nSPS) is 10.1. The third-order valence-corrected chi connectivity index (χ3v) is 3.17. The Morgan fingerprint density at radius 3 is 2.75 bits per heavy atom. The van der Waals surface area contributed by atoms with Gasteiger partial charge in [0.05, 0.1) is 19.2 Å². The highest BCUT2D eigenvalue weighted by Gasteiger charge is 2.10. The Balaban J connectivity index is 1.96. The van der Waals surface area contributed by atoms with E-state index in [2.05, 4.69) is 20.6 Å². The molecule has 0 aliphatic rings. The molecule has 0 aliphatic carbocycles. The number of anilines is 1. The summed E-state index contributed by atoms with van der Waals surface area (Å²) in [4.78, 5) is 31.9. The van der Waals surface area contributed by atoms with E-state index < -0.39 is 0 Å². The van der Waals surface area contributed by atoms with E-state index in [4.69, 9.17) is 0 Å². The quantitative estimate of drug-likeness (QED) is 0.820. The molecular weight excluding hydrogens is 278 g/mol. The summed E-state index contributed by atoms with van der Waals surface area (Å²) >= 11 is 1.27. The summed E-state index contributed by atoms with van der Waals surface area (Å²) < 4.78 is 0. The Labute approximate surface area is 119 Å². The van der Waals surface area contributed by atoms with Crippen LogP contribution in [0.2, 0.25) is 0 Å². The maximum atomic E-state index is 11.9. The van der Waals surface area contributed by atoms with Gasteiger partial charge >= 0.3 is 0 Å². The number of benzene rings is 1. The Kier molecular flexibility index (Phi) is 4.80. The number of carbonyl (C=O) groups excluding carboxylic acids is 2. The maximum Gasteiger partial charge on any atom is 0.257 e. The molecule has 2 rings (SSSR count). The molecule has 0 spiro atoms. The van der Waals surface area contributed by atoms with Crippen LogP contribution in [0.5, 0.6) is 0 Å². The van der Waals surface area contributed by atoms with Crippen LogP contribution in [0.15, 0.2) is 35.7 Å². The van der Waals surface area contributed by atoms with E-state index in [0.29, 0.717) is 16.4 Å². The summed E-state index contributed by atoms with van der Waals surface area (Å²) in [6.07, 6.45) is 0.103. The lowest BCUT2D eigenvalue weighted by Gasteiger charge is -2.01. The molecular formula is C13H13N3O3S. The van der Waals surface area contributed by atoms with Gasteiger partial charge in [-0.15, -0.1) is 11.3 Å². The first-order valence-electron chi connectivity index (χ1n) is 5.81. The number of nitrogens with one attached hydrogen (secondary N) is 2. The molecule has 0 atom stereocenters. The van der Waals surface area contributed by atoms with Crippen LogP contribution < -0.4 is 10.8 Å². The van der Waals surface area contributed by atoms with Crippen LogP contribution in [0.1, 0.15) is 16.1 Å². The van der Waals surface area contributed by atoms with Gasteiger partial charge in [-0.3, -0.25) is 19.7 Å². The van der Waals surface area contributed by atoms with Gasteiger partial charge in [-0.25, -0.2) is 10.5 Å². The minimum absolute atomic E-state index is 0.103. The number of thiazole rings is 1. The van der Waals surface area contributed by atoms with Gasteiger partial charge in [0.1, 0.15) is 0 Å². The van der Waals surface area contributed by atoms with Crippen LogP contribution in [0, 0.1) is 0 Å². The maximum absolute atomic E-state index is 11.9. The van der Waals surface area contributed by atoms with Crippen LogP contribution in [0.4, 0.5) is 5.13 Å². The van der Waals surface area contributed by atoms with Crippen LogP contribution in [-0.4, -0.2) is 23.9 Å². The second-order valence-electron chi connectivity index (χ2n) is 3.87. The van der Waals surface area contributed by atoms with E-state index in [9.17, 15) is 9.59 Å².